The molecule has 0 aliphatic heterocycles. The number of amides is 1. The topological polar surface area (TPSA) is 119 Å². The summed E-state index contributed by atoms with van der Waals surface area (Å²) in [4.78, 5) is 36.0. The van der Waals surface area contributed by atoms with Gasteiger partial charge in [0.25, 0.3) is 0 Å². The molecule has 2 unspecified atom stereocenters. The number of esters is 1. The smallest absolute Gasteiger partial charge is 0.326 e. The van der Waals surface area contributed by atoms with E-state index >= 15 is 0 Å². The summed E-state index contributed by atoms with van der Waals surface area (Å²) < 4.78 is 5.85. The van der Waals surface area contributed by atoms with E-state index in [4.69, 9.17) is 10.5 Å². The zero-order valence-corrected chi connectivity index (χ0v) is 28.0. The van der Waals surface area contributed by atoms with E-state index in [0.717, 1.165) is 83.5 Å². The fraction of sp³-hybridized carbons (Fsp3) is 0.703. The molecule has 1 amide bonds. The summed E-state index contributed by atoms with van der Waals surface area (Å²) in [7, 11) is 0. The highest BCUT2D eigenvalue weighted by Crippen LogP contribution is 2.14. The third-order valence-corrected chi connectivity index (χ3v) is 7.36. The van der Waals surface area contributed by atoms with Crippen molar-refractivity contribution in [3.63, 3.8) is 0 Å². The first-order chi connectivity index (χ1) is 21.4. The molecular weight excluding hydrogens is 552 g/mol. The highest BCUT2D eigenvalue weighted by molar-refractivity contribution is 5.83. The van der Waals surface area contributed by atoms with Crippen LogP contribution in [0.4, 0.5) is 0 Å². The molecule has 0 aromatic heterocycles. The SMILES string of the molecule is CC/C=C\C/C=C\C/C=C\CCCCCC(=O)OC(/C=C\CCCCCC)CCCCCCC(=O)NC(CCCN)C(=O)O. The first-order valence-corrected chi connectivity index (χ1v) is 17.5. The minimum absolute atomic E-state index is 0.122. The van der Waals surface area contributed by atoms with Crippen molar-refractivity contribution in [2.45, 2.75) is 161 Å². The number of carboxylic acids is 1. The van der Waals surface area contributed by atoms with Gasteiger partial charge in [0.1, 0.15) is 12.1 Å². The van der Waals surface area contributed by atoms with Crippen LogP contribution in [0.15, 0.2) is 48.6 Å². The van der Waals surface area contributed by atoms with Crippen LogP contribution in [-0.4, -0.2) is 41.6 Å². The molecule has 0 aliphatic rings. The monoisotopic (exact) mass is 616 g/mol. The minimum atomic E-state index is -1.02. The molecule has 0 saturated carbocycles. The first kappa shape index (κ1) is 41.3. The van der Waals surface area contributed by atoms with Crippen LogP contribution in [0.25, 0.3) is 0 Å². The number of allylic oxidation sites excluding steroid dienone is 7. The molecule has 2 atom stereocenters. The van der Waals surface area contributed by atoms with Crippen LogP contribution in [-0.2, 0) is 19.1 Å². The Morgan fingerprint density at radius 3 is 2.00 bits per heavy atom. The third kappa shape index (κ3) is 28.1. The lowest BCUT2D eigenvalue weighted by Crippen LogP contribution is -2.40. The van der Waals surface area contributed by atoms with Crippen LogP contribution in [0.2, 0.25) is 0 Å². The van der Waals surface area contributed by atoms with E-state index in [1.165, 1.54) is 19.3 Å². The highest BCUT2D eigenvalue weighted by atomic mass is 16.5. The molecule has 0 saturated heterocycles. The van der Waals surface area contributed by atoms with Crippen molar-refractivity contribution in [3.05, 3.63) is 48.6 Å². The molecule has 7 nitrogen and oxygen atoms in total. The van der Waals surface area contributed by atoms with Crippen LogP contribution in [0.3, 0.4) is 0 Å². The van der Waals surface area contributed by atoms with E-state index < -0.39 is 12.0 Å². The summed E-state index contributed by atoms with van der Waals surface area (Å²) in [6.45, 7) is 4.75. The third-order valence-electron chi connectivity index (χ3n) is 7.36. The summed E-state index contributed by atoms with van der Waals surface area (Å²) in [5, 5.41) is 11.9. The predicted octanol–water partition coefficient (Wildman–Crippen LogP) is 8.88. The fourth-order valence-electron chi connectivity index (χ4n) is 4.72. The minimum Gasteiger partial charge on any atom is -0.480 e. The number of nitrogens with one attached hydrogen (secondary N) is 1. The first-order valence-electron chi connectivity index (χ1n) is 17.5. The second-order valence-electron chi connectivity index (χ2n) is 11.5. The van der Waals surface area contributed by atoms with Gasteiger partial charge in [0.15, 0.2) is 0 Å². The molecule has 0 aromatic rings. The second kappa shape index (κ2) is 31.7. The van der Waals surface area contributed by atoms with Gasteiger partial charge in [-0.15, -0.1) is 0 Å². The van der Waals surface area contributed by atoms with Crippen molar-refractivity contribution < 1.29 is 24.2 Å². The largest absolute Gasteiger partial charge is 0.480 e. The Kier molecular flexibility index (Phi) is 29.8. The normalized spacial score (nSPS) is 13.3. The van der Waals surface area contributed by atoms with Gasteiger partial charge in [0.2, 0.25) is 5.91 Å². The molecule has 0 spiro atoms. The van der Waals surface area contributed by atoms with Crippen molar-refractivity contribution in [2.24, 2.45) is 5.73 Å². The van der Waals surface area contributed by atoms with Crippen LogP contribution in [0, 0.1) is 0 Å². The molecule has 4 N–H and O–H groups in total. The summed E-state index contributed by atoms with van der Waals surface area (Å²) >= 11 is 0. The zero-order valence-electron chi connectivity index (χ0n) is 28.0. The molecule has 0 radical (unpaired) electrons. The average Bonchev–Trinajstić information content (AvgIpc) is 3.00. The van der Waals surface area contributed by atoms with Crippen LogP contribution in [0.1, 0.15) is 149 Å². The van der Waals surface area contributed by atoms with Gasteiger partial charge in [-0.3, -0.25) is 9.59 Å². The Bertz CT molecular complexity index is 834. The summed E-state index contributed by atoms with van der Waals surface area (Å²) in [6, 6.07) is -0.873. The average molecular weight is 617 g/mol. The number of unbranched alkanes of at least 4 members (excludes halogenated alkanes) is 10. The second-order valence-corrected chi connectivity index (χ2v) is 11.5. The maximum absolute atomic E-state index is 12.6. The number of ether oxygens (including phenoxy) is 1. The van der Waals surface area contributed by atoms with Crippen molar-refractivity contribution >= 4 is 17.8 Å². The van der Waals surface area contributed by atoms with E-state index in [2.05, 4.69) is 67.8 Å². The van der Waals surface area contributed by atoms with Crippen LogP contribution < -0.4 is 11.1 Å². The lowest BCUT2D eigenvalue weighted by molar-refractivity contribution is -0.147. The Hall–Kier alpha value is -2.67. The van der Waals surface area contributed by atoms with Gasteiger partial charge in [-0.05, 0) is 96.1 Å². The van der Waals surface area contributed by atoms with Crippen molar-refractivity contribution in [3.8, 4) is 0 Å². The number of rotatable bonds is 30. The number of carbonyl (C=O) groups excluding carboxylic acids is 2. The van der Waals surface area contributed by atoms with E-state index in [-0.39, 0.29) is 18.0 Å². The predicted molar refractivity (Wildman–Crippen MR) is 183 cm³/mol. The number of hydrogen-bond donors (Lipinski definition) is 3. The maximum Gasteiger partial charge on any atom is 0.326 e. The van der Waals surface area contributed by atoms with Gasteiger partial charge in [-0.2, -0.15) is 0 Å². The number of nitrogens with two attached hydrogens (primary N) is 1. The molecule has 0 bridgehead atoms. The molecule has 0 heterocycles. The van der Waals surface area contributed by atoms with Gasteiger partial charge >= 0.3 is 11.9 Å². The number of carboxylic acid groups (broad SMARTS) is 1. The van der Waals surface area contributed by atoms with Crippen LogP contribution >= 0.6 is 0 Å². The summed E-state index contributed by atoms with van der Waals surface area (Å²) in [6.07, 6.45) is 36.0. The quantitative estimate of drug-likeness (QED) is 0.0421. The fourth-order valence-corrected chi connectivity index (χ4v) is 4.72. The molecule has 0 aromatic carbocycles. The van der Waals surface area contributed by atoms with E-state index in [1.807, 2.05) is 0 Å². The standard InChI is InChI=1S/C37H64N2O5/c1-3-5-7-9-11-12-13-14-15-16-17-19-25-31-36(41)44-33(27-22-18-10-8-6-4-2)28-23-20-21-24-30-35(40)39-34(37(42)43)29-26-32-38/h5,7,11-12,14-15,22,27,33-34H,3-4,6,8-10,13,16-21,23-26,28-32,38H2,1-2H3,(H,39,40)(H,42,43)/b7-5-,12-11-,15-14-,27-22-. The Morgan fingerprint density at radius 2 is 1.32 bits per heavy atom. The lowest BCUT2D eigenvalue weighted by atomic mass is 10.1. The Labute approximate surface area is 268 Å². The van der Waals surface area contributed by atoms with Crippen LogP contribution in [0.5, 0.6) is 0 Å². The van der Waals surface area contributed by atoms with E-state index in [9.17, 15) is 19.5 Å². The van der Waals surface area contributed by atoms with E-state index in [0.29, 0.717) is 38.6 Å². The molecule has 0 rings (SSSR count). The Morgan fingerprint density at radius 1 is 0.705 bits per heavy atom. The molecule has 7 heteroatoms. The number of hydrogen-bond acceptors (Lipinski definition) is 5. The molecule has 0 aliphatic carbocycles. The van der Waals surface area contributed by atoms with Crippen molar-refractivity contribution in [1.29, 1.82) is 0 Å². The van der Waals surface area contributed by atoms with Gasteiger partial charge in [0.05, 0.1) is 0 Å². The van der Waals surface area contributed by atoms with Gasteiger partial charge < -0.3 is 20.9 Å². The van der Waals surface area contributed by atoms with Gasteiger partial charge in [0, 0.05) is 12.8 Å². The molecule has 0 fully saturated rings. The molecule has 44 heavy (non-hydrogen) atoms. The van der Waals surface area contributed by atoms with Crippen molar-refractivity contribution in [2.75, 3.05) is 6.54 Å². The van der Waals surface area contributed by atoms with E-state index in [1.54, 1.807) is 0 Å². The highest BCUT2D eigenvalue weighted by Gasteiger charge is 2.18. The molecular formula is C37H64N2O5. The molecule has 252 valence electrons. The maximum atomic E-state index is 12.6. The summed E-state index contributed by atoms with van der Waals surface area (Å²) in [5.74, 6) is -1.37. The number of aliphatic carboxylic acids is 1. The van der Waals surface area contributed by atoms with Crippen molar-refractivity contribution in [1.82, 2.24) is 5.32 Å². The summed E-state index contributed by atoms with van der Waals surface area (Å²) in [5.41, 5.74) is 5.46. The lowest BCUT2D eigenvalue weighted by Gasteiger charge is -2.15. The van der Waals surface area contributed by atoms with Gasteiger partial charge in [-0.1, -0.05) is 94.9 Å². The zero-order chi connectivity index (χ0) is 32.5. The number of carbonyl (C=O) groups is 3. The van der Waals surface area contributed by atoms with Gasteiger partial charge in [-0.25, -0.2) is 4.79 Å². The Balaban J connectivity index is 4.34.